The summed E-state index contributed by atoms with van der Waals surface area (Å²) in [5.41, 5.74) is 1.54. The van der Waals surface area contributed by atoms with E-state index in [9.17, 15) is 13.6 Å². The first-order valence-electron chi connectivity index (χ1n) is 9.64. The standard InChI is InChI=1S/C23H21F2N3O/c1-15-14-28(23-26-10-2-11-27-23)12-9-19(15)22(29)17-5-3-16(4-6-17)20-8-7-18(24)13-21(20)25/h2-8,10-11,13,15,19H,9,12,14H2,1H3. The van der Waals surface area contributed by atoms with Crippen molar-refractivity contribution in [3.63, 3.8) is 0 Å². The molecule has 1 fully saturated rings. The van der Waals surface area contributed by atoms with Crippen LogP contribution in [-0.2, 0) is 0 Å². The molecule has 0 N–H and O–H groups in total. The van der Waals surface area contributed by atoms with Crippen molar-refractivity contribution in [3.05, 3.63) is 78.1 Å². The minimum absolute atomic E-state index is 0.0802. The van der Waals surface area contributed by atoms with E-state index in [0.29, 0.717) is 22.6 Å². The van der Waals surface area contributed by atoms with E-state index in [1.54, 1.807) is 42.7 Å². The van der Waals surface area contributed by atoms with Crippen LogP contribution in [0.25, 0.3) is 11.1 Å². The molecule has 0 aliphatic carbocycles. The summed E-state index contributed by atoms with van der Waals surface area (Å²) in [6, 6.07) is 12.1. The molecule has 2 aromatic carbocycles. The summed E-state index contributed by atoms with van der Waals surface area (Å²) in [5, 5.41) is 0. The Hall–Kier alpha value is -3.15. The summed E-state index contributed by atoms with van der Waals surface area (Å²) in [7, 11) is 0. The fourth-order valence-corrected chi connectivity index (χ4v) is 3.92. The molecule has 2 atom stereocenters. The number of hydrogen-bond donors (Lipinski definition) is 0. The quantitative estimate of drug-likeness (QED) is 0.599. The zero-order valence-corrected chi connectivity index (χ0v) is 16.1. The Morgan fingerprint density at radius 2 is 1.79 bits per heavy atom. The lowest BCUT2D eigenvalue weighted by Crippen LogP contribution is -2.42. The van der Waals surface area contributed by atoms with Crippen molar-refractivity contribution in [3.8, 4) is 11.1 Å². The molecule has 2 heterocycles. The first-order chi connectivity index (χ1) is 14.0. The fraction of sp³-hybridized carbons (Fsp3) is 0.261. The molecule has 4 rings (SSSR count). The number of benzene rings is 2. The van der Waals surface area contributed by atoms with Gasteiger partial charge in [-0.3, -0.25) is 4.79 Å². The monoisotopic (exact) mass is 393 g/mol. The van der Waals surface area contributed by atoms with E-state index in [1.807, 2.05) is 0 Å². The van der Waals surface area contributed by atoms with Gasteiger partial charge in [-0.1, -0.05) is 31.2 Å². The first-order valence-corrected chi connectivity index (χ1v) is 9.64. The summed E-state index contributed by atoms with van der Waals surface area (Å²) in [5.74, 6) is -0.363. The molecule has 1 aliphatic heterocycles. The maximum atomic E-state index is 14.0. The second-order valence-corrected chi connectivity index (χ2v) is 7.43. The number of nitrogens with zero attached hydrogens (tertiary/aromatic N) is 3. The Bertz CT molecular complexity index is 1010. The molecule has 1 saturated heterocycles. The van der Waals surface area contributed by atoms with E-state index in [1.165, 1.54) is 12.1 Å². The SMILES string of the molecule is CC1CN(c2ncccn2)CCC1C(=O)c1ccc(-c2ccc(F)cc2F)cc1. The molecule has 1 aromatic heterocycles. The fourth-order valence-electron chi connectivity index (χ4n) is 3.92. The van der Waals surface area contributed by atoms with Crippen molar-refractivity contribution in [2.45, 2.75) is 13.3 Å². The van der Waals surface area contributed by atoms with Crippen molar-refractivity contribution in [1.29, 1.82) is 0 Å². The van der Waals surface area contributed by atoms with Gasteiger partial charge < -0.3 is 4.90 Å². The average molecular weight is 393 g/mol. The Kier molecular flexibility index (Phi) is 5.34. The van der Waals surface area contributed by atoms with Gasteiger partial charge in [-0.05, 0) is 36.1 Å². The van der Waals surface area contributed by atoms with Crippen LogP contribution in [0, 0.1) is 23.5 Å². The van der Waals surface area contributed by atoms with Gasteiger partial charge in [0.1, 0.15) is 11.6 Å². The highest BCUT2D eigenvalue weighted by Crippen LogP contribution is 2.30. The summed E-state index contributed by atoms with van der Waals surface area (Å²) in [6.07, 6.45) is 4.16. The number of hydrogen-bond acceptors (Lipinski definition) is 4. The molecular formula is C23H21F2N3O. The van der Waals surface area contributed by atoms with Crippen LogP contribution in [0.15, 0.2) is 60.9 Å². The van der Waals surface area contributed by atoms with Crippen molar-refractivity contribution in [1.82, 2.24) is 9.97 Å². The zero-order chi connectivity index (χ0) is 20.4. The Balaban J connectivity index is 1.47. The second kappa shape index (κ2) is 8.07. The molecule has 4 nitrogen and oxygen atoms in total. The van der Waals surface area contributed by atoms with Crippen molar-refractivity contribution in [2.24, 2.45) is 11.8 Å². The minimum Gasteiger partial charge on any atom is -0.341 e. The summed E-state index contributed by atoms with van der Waals surface area (Å²) in [4.78, 5) is 23.7. The third-order valence-electron chi connectivity index (χ3n) is 5.49. The van der Waals surface area contributed by atoms with E-state index in [2.05, 4.69) is 21.8 Å². The van der Waals surface area contributed by atoms with Crippen LogP contribution in [0.2, 0.25) is 0 Å². The first kappa shape index (κ1) is 19.2. The van der Waals surface area contributed by atoms with E-state index in [-0.39, 0.29) is 17.6 Å². The topological polar surface area (TPSA) is 46.1 Å². The normalized spacial score (nSPS) is 19.2. The molecule has 0 spiro atoms. The predicted octanol–water partition coefficient (Wildman–Crippen LogP) is 4.77. The van der Waals surface area contributed by atoms with Crippen LogP contribution in [0.5, 0.6) is 0 Å². The van der Waals surface area contributed by atoms with E-state index in [0.717, 1.165) is 25.6 Å². The van der Waals surface area contributed by atoms with Crippen molar-refractivity contribution >= 4 is 11.7 Å². The third-order valence-corrected chi connectivity index (χ3v) is 5.49. The molecule has 148 valence electrons. The number of aromatic nitrogens is 2. The summed E-state index contributed by atoms with van der Waals surface area (Å²) < 4.78 is 27.1. The largest absolute Gasteiger partial charge is 0.341 e. The lowest BCUT2D eigenvalue weighted by atomic mass is 9.81. The van der Waals surface area contributed by atoms with Crippen LogP contribution in [0.1, 0.15) is 23.7 Å². The van der Waals surface area contributed by atoms with Gasteiger partial charge >= 0.3 is 0 Å². The molecule has 2 unspecified atom stereocenters. The highest BCUT2D eigenvalue weighted by molar-refractivity contribution is 5.98. The third kappa shape index (κ3) is 4.01. The molecule has 6 heteroatoms. The number of rotatable bonds is 4. The van der Waals surface area contributed by atoms with E-state index in [4.69, 9.17) is 0 Å². The van der Waals surface area contributed by atoms with Crippen molar-refractivity contribution in [2.75, 3.05) is 18.0 Å². The van der Waals surface area contributed by atoms with Crippen LogP contribution in [0.3, 0.4) is 0 Å². The summed E-state index contributed by atoms with van der Waals surface area (Å²) in [6.45, 7) is 3.52. The van der Waals surface area contributed by atoms with Gasteiger partial charge in [0.05, 0.1) is 0 Å². The molecule has 29 heavy (non-hydrogen) atoms. The Morgan fingerprint density at radius 1 is 1.07 bits per heavy atom. The smallest absolute Gasteiger partial charge is 0.225 e. The lowest BCUT2D eigenvalue weighted by Gasteiger charge is -2.36. The Morgan fingerprint density at radius 3 is 2.45 bits per heavy atom. The van der Waals surface area contributed by atoms with Crippen LogP contribution in [-0.4, -0.2) is 28.8 Å². The molecule has 0 saturated carbocycles. The number of carbonyl (C=O) groups is 1. The van der Waals surface area contributed by atoms with Crippen LogP contribution >= 0.6 is 0 Å². The highest BCUT2D eigenvalue weighted by Gasteiger charge is 2.32. The van der Waals surface area contributed by atoms with Crippen LogP contribution in [0.4, 0.5) is 14.7 Å². The number of anilines is 1. The number of ketones is 1. The van der Waals surface area contributed by atoms with Gasteiger partial charge in [0.15, 0.2) is 5.78 Å². The molecule has 0 bridgehead atoms. The Labute approximate surface area is 168 Å². The van der Waals surface area contributed by atoms with Gasteiger partial charge in [0, 0.05) is 48.6 Å². The van der Waals surface area contributed by atoms with E-state index < -0.39 is 11.6 Å². The van der Waals surface area contributed by atoms with Gasteiger partial charge in [-0.2, -0.15) is 0 Å². The number of halogens is 2. The molecular weight excluding hydrogens is 372 g/mol. The number of carbonyl (C=O) groups excluding carboxylic acids is 1. The maximum absolute atomic E-state index is 14.0. The number of Topliss-reactive ketones (excluding diaryl/α,β-unsaturated/α-hetero) is 1. The zero-order valence-electron chi connectivity index (χ0n) is 16.1. The predicted molar refractivity (Wildman–Crippen MR) is 108 cm³/mol. The van der Waals surface area contributed by atoms with E-state index >= 15 is 0 Å². The van der Waals surface area contributed by atoms with Crippen LogP contribution < -0.4 is 4.90 Å². The summed E-state index contributed by atoms with van der Waals surface area (Å²) >= 11 is 0. The van der Waals surface area contributed by atoms with Crippen molar-refractivity contribution < 1.29 is 13.6 Å². The van der Waals surface area contributed by atoms with Gasteiger partial charge in [0.25, 0.3) is 0 Å². The van der Waals surface area contributed by atoms with Gasteiger partial charge in [-0.15, -0.1) is 0 Å². The highest BCUT2D eigenvalue weighted by atomic mass is 19.1. The lowest BCUT2D eigenvalue weighted by molar-refractivity contribution is 0.0858. The molecule has 0 radical (unpaired) electrons. The molecule has 3 aromatic rings. The maximum Gasteiger partial charge on any atom is 0.225 e. The number of piperidine rings is 1. The van der Waals surface area contributed by atoms with Gasteiger partial charge in [0.2, 0.25) is 5.95 Å². The minimum atomic E-state index is -0.617. The molecule has 0 amide bonds. The second-order valence-electron chi connectivity index (χ2n) is 7.43. The molecule has 1 aliphatic rings. The average Bonchev–Trinajstić information content (AvgIpc) is 2.74. The van der Waals surface area contributed by atoms with Gasteiger partial charge in [-0.25, -0.2) is 18.7 Å².